The summed E-state index contributed by atoms with van der Waals surface area (Å²) < 4.78 is 0. The third-order valence-electron chi connectivity index (χ3n) is 2.54. The number of rotatable bonds is 4. The lowest BCUT2D eigenvalue weighted by Crippen LogP contribution is -2.07. The smallest absolute Gasteiger partial charge is 0.248 e. The van der Waals surface area contributed by atoms with Gasteiger partial charge in [-0.05, 0) is 42.2 Å². The molecule has 102 valence electrons. The number of aromatic nitrogens is 1. The van der Waals surface area contributed by atoms with Gasteiger partial charge in [0.25, 0.3) is 0 Å². The van der Waals surface area contributed by atoms with Gasteiger partial charge in [-0.3, -0.25) is 4.79 Å². The first-order valence-corrected chi connectivity index (χ1v) is 7.52. The lowest BCUT2D eigenvalue weighted by molar-refractivity contribution is -0.111. The zero-order valence-electron chi connectivity index (χ0n) is 10.8. The number of thioether (sulfide) groups is 1. The van der Waals surface area contributed by atoms with Crippen molar-refractivity contribution in [3.8, 4) is 0 Å². The van der Waals surface area contributed by atoms with Gasteiger partial charge in [-0.1, -0.05) is 23.7 Å². The summed E-state index contributed by atoms with van der Waals surface area (Å²) in [5.74, 6) is -0.205. The van der Waals surface area contributed by atoms with Crippen LogP contribution in [0.2, 0.25) is 5.15 Å². The van der Waals surface area contributed by atoms with E-state index in [-0.39, 0.29) is 5.91 Å². The van der Waals surface area contributed by atoms with E-state index >= 15 is 0 Å². The molecule has 0 bridgehead atoms. The van der Waals surface area contributed by atoms with Gasteiger partial charge in [0, 0.05) is 11.0 Å². The quantitative estimate of drug-likeness (QED) is 0.525. The first kappa shape index (κ1) is 14.6. The second-order valence-electron chi connectivity index (χ2n) is 3.97. The van der Waals surface area contributed by atoms with Gasteiger partial charge in [-0.25, -0.2) is 4.98 Å². The van der Waals surface area contributed by atoms with Crippen LogP contribution in [-0.4, -0.2) is 17.1 Å². The van der Waals surface area contributed by atoms with Crippen molar-refractivity contribution in [3.05, 3.63) is 59.4 Å². The number of nitrogens with zero attached hydrogens (tertiary/aromatic N) is 1. The van der Waals surface area contributed by atoms with E-state index in [1.54, 1.807) is 30.0 Å². The molecule has 1 aromatic carbocycles. The van der Waals surface area contributed by atoms with Crippen LogP contribution in [-0.2, 0) is 4.79 Å². The Morgan fingerprint density at radius 2 is 2.00 bits per heavy atom. The van der Waals surface area contributed by atoms with Crippen molar-refractivity contribution in [1.29, 1.82) is 0 Å². The Balaban J connectivity index is 1.96. The Labute approximate surface area is 127 Å². The Kier molecular flexibility index (Phi) is 5.21. The Hall–Kier alpha value is -1.78. The van der Waals surface area contributed by atoms with Gasteiger partial charge >= 0.3 is 0 Å². The average molecular weight is 305 g/mol. The number of carbonyl (C=O) groups excluding carboxylic acids is 1. The lowest BCUT2D eigenvalue weighted by atomic mass is 10.2. The van der Waals surface area contributed by atoms with Crippen LogP contribution in [0.3, 0.4) is 0 Å². The molecular weight excluding hydrogens is 292 g/mol. The highest BCUT2D eigenvalue weighted by atomic mass is 35.5. The summed E-state index contributed by atoms with van der Waals surface area (Å²) in [6, 6.07) is 11.3. The largest absolute Gasteiger partial charge is 0.321 e. The van der Waals surface area contributed by atoms with Crippen LogP contribution in [0, 0.1) is 0 Å². The first-order chi connectivity index (χ1) is 9.67. The van der Waals surface area contributed by atoms with Crippen molar-refractivity contribution in [2.24, 2.45) is 0 Å². The fraction of sp³-hybridized carbons (Fsp3) is 0.0667. The molecule has 1 aromatic heterocycles. The van der Waals surface area contributed by atoms with Crippen LogP contribution >= 0.6 is 23.4 Å². The minimum atomic E-state index is -0.205. The molecule has 0 unspecified atom stereocenters. The third kappa shape index (κ3) is 4.40. The topological polar surface area (TPSA) is 42.0 Å². The van der Waals surface area contributed by atoms with Crippen molar-refractivity contribution in [1.82, 2.24) is 4.98 Å². The number of hydrogen-bond donors (Lipinski definition) is 1. The Bertz CT molecular complexity index is 609. The van der Waals surface area contributed by atoms with Gasteiger partial charge in [0.05, 0.1) is 11.9 Å². The van der Waals surface area contributed by atoms with Gasteiger partial charge in [0.1, 0.15) is 5.15 Å². The van der Waals surface area contributed by atoms with Crippen LogP contribution in [0.4, 0.5) is 5.69 Å². The second-order valence-corrected chi connectivity index (χ2v) is 5.23. The number of hydrogen-bond acceptors (Lipinski definition) is 3. The molecule has 2 rings (SSSR count). The zero-order chi connectivity index (χ0) is 14.4. The van der Waals surface area contributed by atoms with E-state index in [4.69, 9.17) is 11.6 Å². The number of amides is 1. The summed E-state index contributed by atoms with van der Waals surface area (Å²) in [7, 11) is 0. The molecule has 1 N–H and O–H groups in total. The summed E-state index contributed by atoms with van der Waals surface area (Å²) in [6.45, 7) is 0. The Morgan fingerprint density at radius 1 is 1.25 bits per heavy atom. The summed E-state index contributed by atoms with van der Waals surface area (Å²) in [6.07, 6.45) is 6.80. The number of halogens is 1. The molecule has 0 saturated heterocycles. The minimum absolute atomic E-state index is 0.205. The number of pyridine rings is 1. The molecule has 1 heterocycles. The highest BCUT2D eigenvalue weighted by Gasteiger charge is 1.98. The van der Waals surface area contributed by atoms with Crippen molar-refractivity contribution in [2.75, 3.05) is 11.6 Å². The van der Waals surface area contributed by atoms with E-state index in [0.29, 0.717) is 10.8 Å². The zero-order valence-corrected chi connectivity index (χ0v) is 12.4. The molecular formula is C15H13ClN2OS. The maximum absolute atomic E-state index is 11.7. The first-order valence-electron chi connectivity index (χ1n) is 5.92. The minimum Gasteiger partial charge on any atom is -0.321 e. The third-order valence-corrected chi connectivity index (χ3v) is 3.51. The number of benzene rings is 1. The monoisotopic (exact) mass is 304 g/mol. The van der Waals surface area contributed by atoms with Gasteiger partial charge < -0.3 is 5.32 Å². The Morgan fingerprint density at radius 3 is 2.60 bits per heavy atom. The van der Waals surface area contributed by atoms with Crippen LogP contribution in [0.15, 0.2) is 53.6 Å². The van der Waals surface area contributed by atoms with Crippen LogP contribution < -0.4 is 5.32 Å². The van der Waals surface area contributed by atoms with E-state index < -0.39 is 0 Å². The summed E-state index contributed by atoms with van der Waals surface area (Å²) >= 11 is 7.36. The van der Waals surface area contributed by atoms with Crippen LogP contribution in [0.5, 0.6) is 0 Å². The normalized spacial score (nSPS) is 10.7. The number of nitrogens with one attached hydrogen (secondary N) is 1. The molecule has 0 aliphatic carbocycles. The van der Waals surface area contributed by atoms with E-state index in [1.807, 2.05) is 30.5 Å². The molecule has 0 aliphatic rings. The van der Waals surface area contributed by atoms with Crippen LogP contribution in [0.1, 0.15) is 5.56 Å². The summed E-state index contributed by atoms with van der Waals surface area (Å²) in [5.41, 5.74) is 1.59. The maximum atomic E-state index is 11.7. The van der Waals surface area contributed by atoms with Crippen molar-refractivity contribution >= 4 is 41.0 Å². The molecule has 0 atom stereocenters. The lowest BCUT2D eigenvalue weighted by Gasteiger charge is -2.01. The molecule has 5 heteroatoms. The standard InChI is InChI=1S/C15H13ClN2OS/c1-20-13-6-2-11(3-7-13)4-9-15(19)18-12-5-8-14(16)17-10-12/h2-10H,1H3,(H,18,19)/b9-4+. The molecule has 0 fully saturated rings. The molecule has 20 heavy (non-hydrogen) atoms. The molecule has 0 saturated carbocycles. The number of carbonyl (C=O) groups is 1. The predicted octanol–water partition coefficient (Wildman–Crippen LogP) is 4.11. The van der Waals surface area contributed by atoms with E-state index in [0.717, 1.165) is 5.56 Å². The highest BCUT2D eigenvalue weighted by molar-refractivity contribution is 7.98. The molecule has 2 aromatic rings. The fourth-order valence-corrected chi connectivity index (χ4v) is 2.04. The molecule has 0 aliphatic heterocycles. The van der Waals surface area contributed by atoms with Gasteiger partial charge in [-0.2, -0.15) is 0 Å². The van der Waals surface area contributed by atoms with Crippen molar-refractivity contribution in [2.45, 2.75) is 4.90 Å². The molecule has 0 spiro atoms. The van der Waals surface area contributed by atoms with Crippen LogP contribution in [0.25, 0.3) is 6.08 Å². The van der Waals surface area contributed by atoms with E-state index in [2.05, 4.69) is 10.3 Å². The van der Waals surface area contributed by atoms with Gasteiger partial charge in [-0.15, -0.1) is 11.8 Å². The van der Waals surface area contributed by atoms with Gasteiger partial charge in [0.15, 0.2) is 0 Å². The summed E-state index contributed by atoms with van der Waals surface area (Å²) in [4.78, 5) is 16.8. The highest BCUT2D eigenvalue weighted by Crippen LogP contribution is 2.15. The van der Waals surface area contributed by atoms with Crippen molar-refractivity contribution < 1.29 is 4.79 Å². The van der Waals surface area contributed by atoms with E-state index in [1.165, 1.54) is 17.2 Å². The SMILES string of the molecule is CSc1ccc(/C=C/C(=O)Nc2ccc(Cl)nc2)cc1. The summed E-state index contributed by atoms with van der Waals surface area (Å²) in [5, 5.41) is 3.11. The predicted molar refractivity (Wildman–Crippen MR) is 85.1 cm³/mol. The van der Waals surface area contributed by atoms with E-state index in [9.17, 15) is 4.79 Å². The second kappa shape index (κ2) is 7.12. The number of anilines is 1. The maximum Gasteiger partial charge on any atom is 0.248 e. The van der Waals surface area contributed by atoms with Crippen molar-refractivity contribution in [3.63, 3.8) is 0 Å². The van der Waals surface area contributed by atoms with Gasteiger partial charge in [0.2, 0.25) is 5.91 Å². The fourth-order valence-electron chi connectivity index (χ4n) is 1.52. The molecule has 1 amide bonds. The average Bonchev–Trinajstić information content (AvgIpc) is 2.48. The molecule has 3 nitrogen and oxygen atoms in total. The molecule has 0 radical (unpaired) electrons.